The van der Waals surface area contributed by atoms with Crippen molar-refractivity contribution in [3.05, 3.63) is 28.2 Å². The van der Waals surface area contributed by atoms with E-state index in [-0.39, 0.29) is 11.8 Å². The fourth-order valence-electron chi connectivity index (χ4n) is 2.08. The predicted octanol–water partition coefficient (Wildman–Crippen LogP) is 4.07. The molecule has 6 heteroatoms. The summed E-state index contributed by atoms with van der Waals surface area (Å²) >= 11 is 11.8. The summed E-state index contributed by atoms with van der Waals surface area (Å²) in [7, 11) is 0. The average molecular weight is 345 g/mol. The van der Waals surface area contributed by atoms with Gasteiger partial charge in [-0.25, -0.2) is 0 Å². The van der Waals surface area contributed by atoms with Gasteiger partial charge in [-0.15, -0.1) is 0 Å². The Hall–Kier alpha value is -1.26. The number of nitrogens with zero attached hydrogens (tertiary/aromatic N) is 1. The van der Waals surface area contributed by atoms with Crippen LogP contribution in [0.1, 0.15) is 27.7 Å². The molecule has 2 amide bonds. The van der Waals surface area contributed by atoms with Crippen molar-refractivity contribution in [3.63, 3.8) is 0 Å². The molecule has 0 aromatic heterocycles. The summed E-state index contributed by atoms with van der Waals surface area (Å²) in [5.41, 5.74) is 0.407. The van der Waals surface area contributed by atoms with Crippen LogP contribution in [0.2, 0.25) is 10.0 Å². The molecule has 0 saturated heterocycles. The van der Waals surface area contributed by atoms with Crippen LogP contribution in [0.25, 0.3) is 0 Å². The zero-order valence-electron chi connectivity index (χ0n) is 13.3. The molecule has 0 radical (unpaired) electrons. The molecule has 22 heavy (non-hydrogen) atoms. The summed E-state index contributed by atoms with van der Waals surface area (Å²) < 4.78 is 0. The van der Waals surface area contributed by atoms with Crippen LogP contribution >= 0.6 is 23.2 Å². The molecule has 0 saturated carbocycles. The Morgan fingerprint density at radius 3 is 1.86 bits per heavy atom. The number of rotatable bonds is 5. The Balaban J connectivity index is 2.82. The van der Waals surface area contributed by atoms with Gasteiger partial charge >= 0.3 is 11.8 Å². The molecule has 0 aliphatic heterocycles. The van der Waals surface area contributed by atoms with Crippen LogP contribution in [-0.4, -0.2) is 29.8 Å². The van der Waals surface area contributed by atoms with E-state index >= 15 is 0 Å². The number of benzene rings is 1. The van der Waals surface area contributed by atoms with Gasteiger partial charge in [0.15, 0.2) is 0 Å². The lowest BCUT2D eigenvalue weighted by atomic mass is 10.1. The van der Waals surface area contributed by atoms with E-state index in [0.717, 1.165) is 0 Å². The Labute approximate surface area is 141 Å². The Morgan fingerprint density at radius 1 is 1.00 bits per heavy atom. The summed E-state index contributed by atoms with van der Waals surface area (Å²) in [6, 6.07) is 4.66. The number of carbonyl (C=O) groups is 2. The molecule has 0 aliphatic carbocycles. The van der Waals surface area contributed by atoms with Crippen LogP contribution in [0, 0.1) is 11.8 Å². The summed E-state index contributed by atoms with van der Waals surface area (Å²) in [5, 5.41) is 3.35. The largest absolute Gasteiger partial charge is 0.334 e. The first kappa shape index (κ1) is 18.8. The number of hydrogen-bond donors (Lipinski definition) is 1. The first-order valence-electron chi connectivity index (χ1n) is 7.25. The SMILES string of the molecule is CC(C)CN(CC(C)C)C(=O)C(=O)Nc1cc(Cl)cc(Cl)c1. The topological polar surface area (TPSA) is 49.4 Å². The number of amides is 2. The molecule has 122 valence electrons. The molecule has 0 unspecified atom stereocenters. The zero-order valence-corrected chi connectivity index (χ0v) is 14.8. The van der Waals surface area contributed by atoms with Crippen LogP contribution in [0.5, 0.6) is 0 Å². The predicted molar refractivity (Wildman–Crippen MR) is 91.3 cm³/mol. The normalized spacial score (nSPS) is 10.9. The summed E-state index contributed by atoms with van der Waals surface area (Å²) in [5.74, 6) is -0.648. The first-order chi connectivity index (χ1) is 10.2. The molecule has 0 atom stereocenters. The molecular weight excluding hydrogens is 323 g/mol. The number of nitrogens with one attached hydrogen (secondary N) is 1. The minimum Gasteiger partial charge on any atom is -0.334 e. The Morgan fingerprint density at radius 2 is 1.45 bits per heavy atom. The second-order valence-corrected chi connectivity index (χ2v) is 6.98. The molecule has 1 aromatic carbocycles. The molecule has 0 aliphatic rings. The number of hydrogen-bond acceptors (Lipinski definition) is 2. The van der Waals surface area contributed by atoms with Gasteiger partial charge in [-0.05, 0) is 30.0 Å². The molecule has 4 nitrogen and oxygen atoms in total. The van der Waals surface area contributed by atoms with Gasteiger partial charge < -0.3 is 10.2 Å². The minimum absolute atomic E-state index is 0.288. The molecule has 0 bridgehead atoms. The van der Waals surface area contributed by atoms with Crippen LogP contribution in [0.4, 0.5) is 5.69 Å². The number of anilines is 1. The standard InChI is InChI=1S/C16H22Cl2N2O2/c1-10(2)8-20(9-11(3)4)16(22)15(21)19-14-6-12(17)5-13(18)7-14/h5-7,10-11H,8-9H2,1-4H3,(H,19,21). The van der Waals surface area contributed by atoms with Crippen molar-refractivity contribution >= 4 is 40.7 Å². The van der Waals surface area contributed by atoms with Gasteiger partial charge in [0.25, 0.3) is 0 Å². The smallest absolute Gasteiger partial charge is 0.313 e. The van der Waals surface area contributed by atoms with Gasteiger partial charge in [0.2, 0.25) is 0 Å². The summed E-state index contributed by atoms with van der Waals surface area (Å²) in [4.78, 5) is 26.1. The highest BCUT2D eigenvalue weighted by Crippen LogP contribution is 2.22. The minimum atomic E-state index is -0.681. The third kappa shape index (κ3) is 6.24. The van der Waals surface area contributed by atoms with E-state index in [1.807, 2.05) is 27.7 Å². The number of carbonyl (C=O) groups excluding carboxylic acids is 2. The highest BCUT2D eigenvalue weighted by Gasteiger charge is 2.23. The molecule has 1 aromatic rings. The summed E-state index contributed by atoms with van der Waals surface area (Å²) in [6.07, 6.45) is 0. The maximum atomic E-state index is 12.3. The lowest BCUT2D eigenvalue weighted by Gasteiger charge is -2.25. The van der Waals surface area contributed by atoms with E-state index in [0.29, 0.717) is 28.8 Å². The van der Waals surface area contributed by atoms with E-state index in [4.69, 9.17) is 23.2 Å². The molecule has 0 fully saturated rings. The fraction of sp³-hybridized carbons (Fsp3) is 0.500. The monoisotopic (exact) mass is 344 g/mol. The Bertz CT molecular complexity index is 515. The Kier molecular flexibility index (Phi) is 7.17. The van der Waals surface area contributed by atoms with Gasteiger partial charge in [-0.3, -0.25) is 9.59 Å². The molecule has 0 spiro atoms. The summed E-state index contributed by atoms with van der Waals surface area (Å²) in [6.45, 7) is 9.12. The van der Waals surface area contributed by atoms with Crippen LogP contribution in [0.15, 0.2) is 18.2 Å². The van der Waals surface area contributed by atoms with Crippen molar-refractivity contribution in [3.8, 4) is 0 Å². The van der Waals surface area contributed by atoms with E-state index in [2.05, 4.69) is 5.32 Å². The fourth-order valence-corrected chi connectivity index (χ4v) is 2.60. The third-order valence-corrected chi connectivity index (χ3v) is 3.21. The second-order valence-electron chi connectivity index (χ2n) is 6.11. The van der Waals surface area contributed by atoms with Crippen molar-refractivity contribution in [1.29, 1.82) is 0 Å². The van der Waals surface area contributed by atoms with Crippen LogP contribution in [-0.2, 0) is 9.59 Å². The molecular formula is C16H22Cl2N2O2. The molecule has 0 heterocycles. The van der Waals surface area contributed by atoms with Crippen LogP contribution < -0.4 is 5.32 Å². The van der Waals surface area contributed by atoms with Gasteiger partial charge in [0.1, 0.15) is 0 Å². The van der Waals surface area contributed by atoms with Gasteiger partial charge in [0.05, 0.1) is 0 Å². The van der Waals surface area contributed by atoms with Gasteiger partial charge in [-0.2, -0.15) is 0 Å². The van der Waals surface area contributed by atoms with Crippen molar-refractivity contribution < 1.29 is 9.59 Å². The van der Waals surface area contributed by atoms with Gasteiger partial charge in [0, 0.05) is 28.8 Å². The van der Waals surface area contributed by atoms with Crippen molar-refractivity contribution in [1.82, 2.24) is 4.90 Å². The third-order valence-electron chi connectivity index (χ3n) is 2.77. The highest BCUT2D eigenvalue weighted by atomic mass is 35.5. The van der Waals surface area contributed by atoms with E-state index in [1.165, 1.54) is 0 Å². The maximum Gasteiger partial charge on any atom is 0.313 e. The van der Waals surface area contributed by atoms with Crippen molar-refractivity contribution in [2.45, 2.75) is 27.7 Å². The number of halogens is 2. The van der Waals surface area contributed by atoms with Crippen molar-refractivity contribution in [2.24, 2.45) is 11.8 Å². The van der Waals surface area contributed by atoms with Crippen molar-refractivity contribution in [2.75, 3.05) is 18.4 Å². The van der Waals surface area contributed by atoms with E-state index in [1.54, 1.807) is 23.1 Å². The van der Waals surface area contributed by atoms with Crippen LogP contribution in [0.3, 0.4) is 0 Å². The average Bonchev–Trinajstić information content (AvgIpc) is 2.34. The lowest BCUT2D eigenvalue weighted by Crippen LogP contribution is -2.43. The molecule has 1 rings (SSSR count). The lowest BCUT2D eigenvalue weighted by molar-refractivity contribution is -0.143. The van der Waals surface area contributed by atoms with E-state index in [9.17, 15) is 9.59 Å². The first-order valence-corrected chi connectivity index (χ1v) is 8.01. The van der Waals surface area contributed by atoms with Gasteiger partial charge in [-0.1, -0.05) is 50.9 Å². The molecule has 1 N–H and O–H groups in total. The van der Waals surface area contributed by atoms with E-state index < -0.39 is 11.8 Å². The quantitative estimate of drug-likeness (QED) is 0.818. The highest BCUT2D eigenvalue weighted by molar-refractivity contribution is 6.40. The second kappa shape index (κ2) is 8.39. The maximum absolute atomic E-state index is 12.3. The zero-order chi connectivity index (χ0) is 16.9.